The summed E-state index contributed by atoms with van der Waals surface area (Å²) in [4.78, 5) is 62.0. The van der Waals surface area contributed by atoms with Crippen molar-refractivity contribution in [2.75, 3.05) is 62.2 Å². The molecule has 3 amide bonds. The Bertz CT molecular complexity index is 2410. The summed E-state index contributed by atoms with van der Waals surface area (Å²) in [5.41, 5.74) is 6.59. The SMILES string of the molecule is C[C@@H]1Cc2c([nH]c3ccccc23)[C@@H](c2cnc(N3CCC4(CC3)CC(CN3CCN5c6ccc7c(c6OC[C@@]5(C)C3)CN(C3CCC(=O)NC3=O)C7=O)C4)nc2)N1CC(F)F. The van der Waals surface area contributed by atoms with Crippen LogP contribution in [-0.2, 0) is 22.6 Å². The van der Waals surface area contributed by atoms with E-state index in [0.717, 1.165) is 91.3 Å². The van der Waals surface area contributed by atoms with Crippen LogP contribution in [0.3, 0.4) is 0 Å². The second kappa shape index (κ2) is 14.5. The quantitative estimate of drug-likeness (QED) is 0.237. The van der Waals surface area contributed by atoms with Crippen LogP contribution in [0, 0.1) is 11.3 Å². The molecule has 0 bridgehead atoms. The van der Waals surface area contributed by atoms with E-state index < -0.39 is 18.4 Å². The van der Waals surface area contributed by atoms with Gasteiger partial charge in [-0.2, -0.15) is 0 Å². The van der Waals surface area contributed by atoms with Crippen LogP contribution in [-0.4, -0.2) is 124 Å². The predicted molar refractivity (Wildman–Crippen MR) is 225 cm³/mol. The van der Waals surface area contributed by atoms with Crippen LogP contribution in [0.2, 0.25) is 0 Å². The topological polar surface area (TPSA) is 130 Å². The predicted octanol–water partition coefficient (Wildman–Crippen LogP) is 5.29. The Hall–Kier alpha value is -5.15. The number of hydrogen-bond acceptors (Lipinski definition) is 10. The van der Waals surface area contributed by atoms with E-state index in [9.17, 15) is 23.2 Å². The van der Waals surface area contributed by atoms with Gasteiger partial charge in [0.2, 0.25) is 17.8 Å². The van der Waals surface area contributed by atoms with Crippen molar-refractivity contribution in [3.8, 4) is 5.75 Å². The van der Waals surface area contributed by atoms with Crippen molar-refractivity contribution in [3.05, 3.63) is 76.7 Å². The van der Waals surface area contributed by atoms with Gasteiger partial charge in [0.25, 0.3) is 12.3 Å². The third-order valence-corrected chi connectivity index (χ3v) is 15.2. The number of hydrogen-bond donors (Lipinski definition) is 2. The summed E-state index contributed by atoms with van der Waals surface area (Å²) in [6.07, 6.45) is 7.21. The van der Waals surface area contributed by atoms with Crippen LogP contribution in [0.4, 0.5) is 20.4 Å². The van der Waals surface area contributed by atoms with Gasteiger partial charge in [0.15, 0.2) is 0 Å². The van der Waals surface area contributed by atoms with E-state index in [1.807, 2.05) is 54.5 Å². The van der Waals surface area contributed by atoms with E-state index in [1.165, 1.54) is 18.4 Å². The first-order valence-corrected chi connectivity index (χ1v) is 22.1. The lowest BCUT2D eigenvalue weighted by atomic mass is 9.57. The zero-order chi connectivity index (χ0) is 41.8. The molecule has 11 rings (SSSR count). The van der Waals surface area contributed by atoms with Crippen LogP contribution < -0.4 is 19.9 Å². The number of rotatable bonds is 7. The van der Waals surface area contributed by atoms with Crippen molar-refractivity contribution in [1.29, 1.82) is 0 Å². The highest BCUT2D eigenvalue weighted by Crippen LogP contribution is 2.54. The molecule has 15 heteroatoms. The highest BCUT2D eigenvalue weighted by Gasteiger charge is 2.50. The van der Waals surface area contributed by atoms with Crippen molar-refractivity contribution < 1.29 is 27.9 Å². The monoisotopic (exact) mass is 833 g/mol. The minimum absolute atomic E-state index is 0.0559. The number of H-pyrrole nitrogens is 1. The molecule has 6 aliphatic heterocycles. The van der Waals surface area contributed by atoms with Crippen LogP contribution in [0.1, 0.15) is 91.2 Å². The fourth-order valence-corrected chi connectivity index (χ4v) is 12.2. The second-order valence-corrected chi connectivity index (χ2v) is 19.2. The normalized spacial score (nSPS) is 27.8. The Kier molecular flexibility index (Phi) is 9.19. The number of piperidine rings is 2. The number of nitrogens with one attached hydrogen (secondary N) is 2. The molecule has 0 radical (unpaired) electrons. The molecule has 4 atom stereocenters. The van der Waals surface area contributed by atoms with Crippen molar-refractivity contribution in [3.63, 3.8) is 0 Å². The molecule has 2 aromatic carbocycles. The van der Waals surface area contributed by atoms with E-state index in [0.29, 0.717) is 48.8 Å². The number of benzene rings is 2. The van der Waals surface area contributed by atoms with E-state index in [4.69, 9.17) is 14.7 Å². The number of nitrogens with zero attached hydrogens (tertiary/aromatic N) is 7. The summed E-state index contributed by atoms with van der Waals surface area (Å²) >= 11 is 0. The summed E-state index contributed by atoms with van der Waals surface area (Å²) in [5, 5.41) is 3.54. The Morgan fingerprint density at radius 3 is 2.54 bits per heavy atom. The van der Waals surface area contributed by atoms with Gasteiger partial charge in [-0.25, -0.2) is 18.7 Å². The number of imide groups is 1. The van der Waals surface area contributed by atoms with Crippen LogP contribution in [0.15, 0.2) is 48.8 Å². The smallest absolute Gasteiger partial charge is 0.255 e. The molecule has 2 aromatic heterocycles. The van der Waals surface area contributed by atoms with Gasteiger partial charge in [0.1, 0.15) is 18.4 Å². The lowest BCUT2D eigenvalue weighted by Gasteiger charge is -2.56. The van der Waals surface area contributed by atoms with Gasteiger partial charge >= 0.3 is 0 Å². The first kappa shape index (κ1) is 38.7. The van der Waals surface area contributed by atoms with Crippen LogP contribution in [0.5, 0.6) is 5.75 Å². The Morgan fingerprint density at radius 1 is 0.984 bits per heavy atom. The zero-order valence-corrected chi connectivity index (χ0v) is 34.8. The first-order chi connectivity index (χ1) is 29.5. The molecule has 7 aliphatic rings. The number of alkyl halides is 2. The average Bonchev–Trinajstić information content (AvgIpc) is 3.77. The number of aromatic amines is 1. The number of ether oxygens (including phenoxy) is 1. The molecule has 1 unspecified atom stereocenters. The standard InChI is InChI=1S/C46H53F2N9O4/c1-27-17-32-30-5-3-4-6-34(30)51-39(32)40(55(27)24-37(47)48)29-20-49-44(50-21-29)54-13-11-46(12-14-54)18-28(19-46)22-53-15-16-57-35-8-7-31-33(41(35)61-26-45(57,2)25-53)23-56(43(31)60)36-9-10-38(58)52-42(36)59/h3-8,20-21,27-28,36-37,40,51H,9-19,22-26H2,1-2H3,(H,52,58,59)/t27-,36?,40-,45-/m1/s1. The third kappa shape index (κ3) is 6.47. The van der Waals surface area contributed by atoms with Gasteiger partial charge in [-0.1, -0.05) is 18.2 Å². The maximum absolute atomic E-state index is 13.9. The number of para-hydroxylation sites is 1. The lowest BCUT2D eigenvalue weighted by Crippen LogP contribution is -2.66. The third-order valence-electron chi connectivity index (χ3n) is 15.2. The minimum atomic E-state index is -2.44. The van der Waals surface area contributed by atoms with Crippen molar-refractivity contribution >= 4 is 40.3 Å². The molecule has 1 spiro atoms. The van der Waals surface area contributed by atoms with Gasteiger partial charge in [-0.05, 0) is 87.5 Å². The molecule has 4 aromatic rings. The Morgan fingerprint density at radius 2 is 1.77 bits per heavy atom. The number of fused-ring (bicyclic) bond motifs is 8. The number of carbonyl (C=O) groups is 3. The second-order valence-electron chi connectivity index (χ2n) is 19.2. The van der Waals surface area contributed by atoms with E-state index in [-0.39, 0.29) is 42.4 Å². The van der Waals surface area contributed by atoms with Gasteiger partial charge in [0, 0.05) is 97.4 Å². The number of carbonyl (C=O) groups excluding carboxylic acids is 3. The largest absolute Gasteiger partial charge is 0.489 e. The highest BCUT2D eigenvalue weighted by molar-refractivity contribution is 6.06. The van der Waals surface area contributed by atoms with Gasteiger partial charge < -0.3 is 24.4 Å². The number of aromatic nitrogens is 3. The van der Waals surface area contributed by atoms with Crippen molar-refractivity contribution in [2.45, 2.75) is 95.4 Å². The van der Waals surface area contributed by atoms with Gasteiger partial charge in [-0.3, -0.25) is 29.5 Å². The summed E-state index contributed by atoms with van der Waals surface area (Å²) in [7, 11) is 0. The molecule has 1 aliphatic carbocycles. The van der Waals surface area contributed by atoms with Crippen LogP contribution >= 0.6 is 0 Å². The summed E-state index contributed by atoms with van der Waals surface area (Å²) < 4.78 is 34.4. The molecule has 1 saturated carbocycles. The lowest BCUT2D eigenvalue weighted by molar-refractivity contribution is -0.136. The molecular weight excluding hydrogens is 781 g/mol. The fraction of sp³-hybridized carbons (Fsp3) is 0.543. The summed E-state index contributed by atoms with van der Waals surface area (Å²) in [6.45, 7) is 10.4. The molecule has 3 saturated heterocycles. The van der Waals surface area contributed by atoms with Crippen molar-refractivity contribution in [1.82, 2.24) is 35.0 Å². The summed E-state index contributed by atoms with van der Waals surface area (Å²) in [6, 6.07) is 11.0. The van der Waals surface area contributed by atoms with Crippen molar-refractivity contribution in [2.24, 2.45) is 11.3 Å². The molecule has 320 valence electrons. The minimum Gasteiger partial charge on any atom is -0.489 e. The van der Waals surface area contributed by atoms with E-state index >= 15 is 0 Å². The maximum atomic E-state index is 13.9. The van der Waals surface area contributed by atoms with Gasteiger partial charge in [0.05, 0.1) is 30.4 Å². The molecule has 61 heavy (non-hydrogen) atoms. The maximum Gasteiger partial charge on any atom is 0.255 e. The molecule has 13 nitrogen and oxygen atoms in total. The average molecular weight is 834 g/mol. The summed E-state index contributed by atoms with van der Waals surface area (Å²) in [5.74, 6) is 1.23. The van der Waals surface area contributed by atoms with Crippen LogP contribution in [0.25, 0.3) is 10.9 Å². The number of halogens is 2. The number of amides is 3. The first-order valence-electron chi connectivity index (χ1n) is 22.1. The number of anilines is 2. The molecule has 4 fully saturated rings. The molecule has 8 heterocycles. The van der Waals surface area contributed by atoms with E-state index in [1.54, 1.807) is 4.90 Å². The Balaban J connectivity index is 0.701. The fourth-order valence-electron chi connectivity index (χ4n) is 12.2. The van der Waals surface area contributed by atoms with E-state index in [2.05, 4.69) is 38.0 Å². The Labute approximate surface area is 353 Å². The zero-order valence-electron chi connectivity index (χ0n) is 34.8. The van der Waals surface area contributed by atoms with Gasteiger partial charge in [-0.15, -0.1) is 0 Å². The number of piperazine rings is 1. The molecular formula is C46H53F2N9O4. The molecule has 2 N–H and O–H groups in total. The highest BCUT2D eigenvalue weighted by atomic mass is 19.3.